The summed E-state index contributed by atoms with van der Waals surface area (Å²) in [6, 6.07) is 15.0. The smallest absolute Gasteiger partial charge is 0.295 e. The fourth-order valence-electron chi connectivity index (χ4n) is 3.19. The zero-order valence-electron chi connectivity index (χ0n) is 15.2. The van der Waals surface area contributed by atoms with Crippen LogP contribution in [0.3, 0.4) is 0 Å². The predicted molar refractivity (Wildman–Crippen MR) is 108 cm³/mol. The molecule has 5 aromatic rings. The van der Waals surface area contributed by atoms with E-state index in [0.717, 1.165) is 0 Å². The molecular formula is C20H12N2NaO5S. The minimum atomic E-state index is -4.38. The zero-order valence-corrected chi connectivity index (χ0v) is 18.1. The molecule has 2 aromatic carbocycles. The standard InChI is InChI=1S/C20H12N2O5S.Na/c23-28(24,25)18-7-1-4-12-10-14-15(11-13(12)18)22-20(17-6-3-9-27-17)19(21-14)16-5-2-8-26-16;/h1-11H,(H,23,24,25);. The molecule has 1 radical (unpaired) electrons. The Balaban J connectivity index is 0.00000205. The van der Waals surface area contributed by atoms with Gasteiger partial charge in [-0.05, 0) is 47.9 Å². The molecule has 0 saturated heterocycles. The Labute approximate surface area is 187 Å². The van der Waals surface area contributed by atoms with E-state index in [9.17, 15) is 13.0 Å². The summed E-state index contributed by atoms with van der Waals surface area (Å²) in [7, 11) is -4.38. The predicted octanol–water partition coefficient (Wildman–Crippen LogP) is 4.17. The van der Waals surface area contributed by atoms with Crippen LogP contribution < -0.4 is 0 Å². The summed E-state index contributed by atoms with van der Waals surface area (Å²) in [5, 5.41) is 0.982. The maximum Gasteiger partial charge on any atom is 0.295 e. The fourth-order valence-corrected chi connectivity index (χ4v) is 3.90. The number of nitrogens with zero attached hydrogens (tertiary/aromatic N) is 2. The van der Waals surface area contributed by atoms with Gasteiger partial charge in [0.15, 0.2) is 11.5 Å². The van der Waals surface area contributed by atoms with Gasteiger partial charge in [-0.2, -0.15) is 8.42 Å². The molecule has 0 aliphatic heterocycles. The maximum atomic E-state index is 11.7. The van der Waals surface area contributed by atoms with E-state index < -0.39 is 10.1 Å². The monoisotopic (exact) mass is 415 g/mol. The third-order valence-electron chi connectivity index (χ3n) is 4.41. The molecule has 9 heteroatoms. The number of aromatic nitrogens is 2. The summed E-state index contributed by atoms with van der Waals surface area (Å²) in [4.78, 5) is 9.16. The van der Waals surface area contributed by atoms with Crippen molar-refractivity contribution in [1.82, 2.24) is 9.97 Å². The molecule has 3 heterocycles. The van der Waals surface area contributed by atoms with Gasteiger partial charge in [-0.1, -0.05) is 12.1 Å². The molecule has 0 bridgehead atoms. The molecule has 0 fully saturated rings. The van der Waals surface area contributed by atoms with Gasteiger partial charge in [-0.15, -0.1) is 0 Å². The van der Waals surface area contributed by atoms with Gasteiger partial charge in [-0.25, -0.2) is 9.97 Å². The van der Waals surface area contributed by atoms with Crippen LogP contribution in [0.25, 0.3) is 44.7 Å². The summed E-state index contributed by atoms with van der Waals surface area (Å²) in [5.74, 6) is 1.04. The molecule has 1 N–H and O–H groups in total. The quantitative estimate of drug-likeness (QED) is 0.268. The molecule has 0 spiro atoms. The van der Waals surface area contributed by atoms with Crippen LogP contribution in [0.15, 0.2) is 80.9 Å². The van der Waals surface area contributed by atoms with Gasteiger partial charge >= 0.3 is 0 Å². The minimum Gasteiger partial charge on any atom is -0.463 e. The van der Waals surface area contributed by atoms with Crippen LogP contribution in [0.2, 0.25) is 0 Å². The first kappa shape index (κ1) is 19.8. The molecular weight excluding hydrogens is 403 g/mol. The van der Waals surface area contributed by atoms with Crippen molar-refractivity contribution in [3.8, 4) is 22.9 Å². The fraction of sp³-hybridized carbons (Fsp3) is 0. The second kappa shape index (κ2) is 7.40. The Morgan fingerprint density at radius 2 is 1.38 bits per heavy atom. The molecule has 29 heavy (non-hydrogen) atoms. The summed E-state index contributed by atoms with van der Waals surface area (Å²) in [6.45, 7) is 0. The SMILES string of the molecule is O=S(=O)(O)c1cccc2cc3nc(-c4ccco4)c(-c4ccco4)nc3cc12.[Na]. The average Bonchev–Trinajstić information content (AvgIpc) is 3.37. The second-order valence-corrected chi connectivity index (χ2v) is 7.56. The van der Waals surface area contributed by atoms with Crippen LogP contribution in [-0.4, -0.2) is 52.5 Å². The van der Waals surface area contributed by atoms with Crippen LogP contribution in [0, 0.1) is 0 Å². The maximum absolute atomic E-state index is 11.7. The molecule has 139 valence electrons. The second-order valence-electron chi connectivity index (χ2n) is 6.17. The van der Waals surface area contributed by atoms with Crippen LogP contribution in [0.5, 0.6) is 0 Å². The summed E-state index contributed by atoms with van der Waals surface area (Å²) in [6.07, 6.45) is 3.08. The third-order valence-corrected chi connectivity index (χ3v) is 5.32. The van der Waals surface area contributed by atoms with Gasteiger partial charge in [0.25, 0.3) is 10.1 Å². The molecule has 5 rings (SSSR count). The van der Waals surface area contributed by atoms with Gasteiger partial charge in [0.1, 0.15) is 16.3 Å². The molecule has 0 saturated carbocycles. The summed E-state index contributed by atoms with van der Waals surface area (Å²) in [5.41, 5.74) is 2.00. The van der Waals surface area contributed by atoms with E-state index in [2.05, 4.69) is 9.97 Å². The van der Waals surface area contributed by atoms with Gasteiger partial charge < -0.3 is 8.83 Å². The van der Waals surface area contributed by atoms with Crippen molar-refractivity contribution in [2.75, 3.05) is 0 Å². The Bertz CT molecular complexity index is 1430. The van der Waals surface area contributed by atoms with Crippen LogP contribution in [-0.2, 0) is 10.1 Å². The molecule has 3 aromatic heterocycles. The average molecular weight is 415 g/mol. The number of benzene rings is 2. The van der Waals surface area contributed by atoms with E-state index in [-0.39, 0.29) is 34.5 Å². The van der Waals surface area contributed by atoms with Crippen molar-refractivity contribution in [2.45, 2.75) is 4.90 Å². The zero-order chi connectivity index (χ0) is 19.3. The van der Waals surface area contributed by atoms with Crippen molar-refractivity contribution < 1.29 is 21.8 Å². The number of hydrogen-bond donors (Lipinski definition) is 1. The molecule has 0 amide bonds. The first-order valence-electron chi connectivity index (χ1n) is 8.30. The van der Waals surface area contributed by atoms with Crippen LogP contribution >= 0.6 is 0 Å². The summed E-state index contributed by atoms with van der Waals surface area (Å²) < 4.78 is 44.0. The van der Waals surface area contributed by atoms with Crippen molar-refractivity contribution >= 4 is 61.5 Å². The molecule has 0 unspecified atom stereocenters. The van der Waals surface area contributed by atoms with Gasteiger partial charge in [-0.3, -0.25) is 4.55 Å². The molecule has 7 nitrogen and oxygen atoms in total. The number of fused-ring (bicyclic) bond motifs is 2. The molecule has 0 aliphatic rings. The topological polar surface area (TPSA) is 106 Å². The van der Waals surface area contributed by atoms with Crippen molar-refractivity contribution in [3.05, 3.63) is 67.1 Å². The van der Waals surface area contributed by atoms with Gasteiger partial charge in [0, 0.05) is 34.9 Å². The van der Waals surface area contributed by atoms with E-state index in [0.29, 0.717) is 44.7 Å². The Hall–Kier alpha value is -2.49. The van der Waals surface area contributed by atoms with Crippen molar-refractivity contribution in [3.63, 3.8) is 0 Å². The van der Waals surface area contributed by atoms with Crippen LogP contribution in [0.1, 0.15) is 0 Å². The van der Waals surface area contributed by atoms with Gasteiger partial charge in [0.2, 0.25) is 0 Å². The first-order chi connectivity index (χ1) is 13.5. The molecule has 0 atom stereocenters. The summed E-state index contributed by atoms with van der Waals surface area (Å²) >= 11 is 0. The third kappa shape index (κ3) is 3.50. The Morgan fingerprint density at radius 3 is 1.90 bits per heavy atom. The normalized spacial score (nSPS) is 11.6. The van der Waals surface area contributed by atoms with Gasteiger partial charge in [0.05, 0.1) is 23.6 Å². The largest absolute Gasteiger partial charge is 0.463 e. The van der Waals surface area contributed by atoms with E-state index in [1.165, 1.54) is 12.3 Å². The number of hydrogen-bond acceptors (Lipinski definition) is 6. The Kier molecular flexibility index (Phi) is 5.05. The first-order valence-corrected chi connectivity index (χ1v) is 9.74. The van der Waals surface area contributed by atoms with E-state index in [1.54, 1.807) is 54.8 Å². The van der Waals surface area contributed by atoms with E-state index >= 15 is 0 Å². The van der Waals surface area contributed by atoms with E-state index in [4.69, 9.17) is 8.83 Å². The van der Waals surface area contributed by atoms with Crippen molar-refractivity contribution in [1.29, 1.82) is 0 Å². The number of furan rings is 2. The number of rotatable bonds is 3. The van der Waals surface area contributed by atoms with E-state index in [1.807, 2.05) is 0 Å². The van der Waals surface area contributed by atoms with Crippen LogP contribution in [0.4, 0.5) is 0 Å². The Morgan fingerprint density at radius 1 is 0.793 bits per heavy atom. The minimum absolute atomic E-state index is 0. The van der Waals surface area contributed by atoms with Crippen molar-refractivity contribution in [2.24, 2.45) is 0 Å². The molecule has 0 aliphatic carbocycles.